The van der Waals surface area contributed by atoms with E-state index in [1.807, 2.05) is 6.20 Å². The van der Waals surface area contributed by atoms with Gasteiger partial charge in [0.15, 0.2) is 0 Å². The molecule has 0 bridgehead atoms. The van der Waals surface area contributed by atoms with Crippen molar-refractivity contribution >= 4 is 42.1 Å². The zero-order valence-corrected chi connectivity index (χ0v) is 14.1. The number of nitrogens with one attached hydrogen (secondary N) is 2. The molecular weight excluding hydrogens is 317 g/mol. The molecule has 2 rings (SSSR count). The zero-order chi connectivity index (χ0) is 12.8. The summed E-state index contributed by atoms with van der Waals surface area (Å²) in [7, 11) is 0. The van der Waals surface area contributed by atoms with Gasteiger partial charge in [-0.2, -0.15) is 0 Å². The van der Waals surface area contributed by atoms with Crippen LogP contribution in [0, 0.1) is 5.92 Å². The summed E-state index contributed by atoms with van der Waals surface area (Å²) in [5.74, 6) is 0.906. The summed E-state index contributed by atoms with van der Waals surface area (Å²) in [5.41, 5.74) is 0. The lowest BCUT2D eigenvalue weighted by atomic mass is 10.4. The molecule has 0 spiro atoms. The molecule has 7 heteroatoms. The zero-order valence-electron chi connectivity index (χ0n) is 11.7. The molecule has 1 aromatic rings. The topological polar surface area (TPSA) is 54.0 Å². The summed E-state index contributed by atoms with van der Waals surface area (Å²) in [4.78, 5) is 17.1. The third kappa shape index (κ3) is 7.43. The Balaban J connectivity index is 0.00000180. The fourth-order valence-electron chi connectivity index (χ4n) is 1.71. The number of amides is 1. The Labute approximate surface area is 137 Å². The molecule has 20 heavy (non-hydrogen) atoms. The van der Waals surface area contributed by atoms with E-state index in [9.17, 15) is 4.79 Å². The highest BCUT2D eigenvalue weighted by Gasteiger charge is 2.20. The van der Waals surface area contributed by atoms with E-state index in [2.05, 4.69) is 22.5 Å². The van der Waals surface area contributed by atoms with Crippen LogP contribution in [-0.2, 0) is 17.6 Å². The molecule has 0 unspecified atom stereocenters. The van der Waals surface area contributed by atoms with E-state index >= 15 is 0 Å². The van der Waals surface area contributed by atoms with Gasteiger partial charge in [0.25, 0.3) is 0 Å². The van der Waals surface area contributed by atoms with E-state index in [1.165, 1.54) is 17.7 Å². The van der Waals surface area contributed by atoms with Gasteiger partial charge in [0.2, 0.25) is 5.91 Å². The quantitative estimate of drug-likeness (QED) is 0.763. The molecular formula is C13H23Cl2N3OS. The smallest absolute Gasteiger partial charge is 0.233 e. The number of aromatic nitrogens is 1. The molecule has 0 aliphatic heterocycles. The van der Waals surface area contributed by atoms with E-state index in [0.29, 0.717) is 13.1 Å². The molecule has 2 N–H and O–H groups in total. The van der Waals surface area contributed by atoms with E-state index in [1.54, 1.807) is 11.3 Å². The Bertz CT molecular complexity index is 397. The van der Waals surface area contributed by atoms with Crippen LogP contribution in [0.3, 0.4) is 0 Å². The van der Waals surface area contributed by atoms with Gasteiger partial charge >= 0.3 is 0 Å². The van der Waals surface area contributed by atoms with E-state index < -0.39 is 0 Å². The highest BCUT2D eigenvalue weighted by Crippen LogP contribution is 2.27. The minimum absolute atomic E-state index is 0. The monoisotopic (exact) mass is 339 g/mol. The van der Waals surface area contributed by atoms with Crippen molar-refractivity contribution in [2.75, 3.05) is 19.6 Å². The third-order valence-electron chi connectivity index (χ3n) is 3.03. The van der Waals surface area contributed by atoms with Gasteiger partial charge in [-0.05, 0) is 31.7 Å². The number of hydrogen-bond donors (Lipinski definition) is 2. The van der Waals surface area contributed by atoms with Crippen LogP contribution in [0.25, 0.3) is 0 Å². The second kappa shape index (κ2) is 10.4. The van der Waals surface area contributed by atoms with E-state index in [-0.39, 0.29) is 30.7 Å². The molecule has 116 valence electrons. The molecule has 1 aliphatic carbocycles. The minimum Gasteiger partial charge on any atom is -0.355 e. The molecule has 0 aromatic carbocycles. The predicted octanol–water partition coefficient (Wildman–Crippen LogP) is 2.21. The molecule has 1 aromatic heterocycles. The van der Waals surface area contributed by atoms with Crippen LogP contribution in [0.4, 0.5) is 0 Å². The van der Waals surface area contributed by atoms with Crippen molar-refractivity contribution in [2.24, 2.45) is 5.92 Å². The summed E-state index contributed by atoms with van der Waals surface area (Å²) in [5, 5.41) is 7.21. The summed E-state index contributed by atoms with van der Waals surface area (Å²) >= 11 is 1.74. The van der Waals surface area contributed by atoms with Crippen LogP contribution in [-0.4, -0.2) is 30.5 Å². The predicted molar refractivity (Wildman–Crippen MR) is 88.3 cm³/mol. The lowest BCUT2D eigenvalue weighted by Crippen LogP contribution is -2.35. The van der Waals surface area contributed by atoms with Crippen molar-refractivity contribution in [2.45, 2.75) is 32.6 Å². The SMILES string of the molecule is CCc1cnc(CCNC(=O)CNCC2CC2)s1.Cl.Cl. The highest BCUT2D eigenvalue weighted by molar-refractivity contribution is 7.11. The minimum atomic E-state index is 0. The number of halogens is 2. The maximum absolute atomic E-state index is 11.5. The Morgan fingerprint density at radius 3 is 2.80 bits per heavy atom. The fourth-order valence-corrected chi connectivity index (χ4v) is 2.57. The first-order valence-electron chi connectivity index (χ1n) is 6.69. The van der Waals surface area contributed by atoms with Crippen molar-refractivity contribution in [1.29, 1.82) is 0 Å². The molecule has 0 atom stereocenters. The van der Waals surface area contributed by atoms with Gasteiger partial charge < -0.3 is 10.6 Å². The Hall–Kier alpha value is -0.360. The van der Waals surface area contributed by atoms with Crippen molar-refractivity contribution in [1.82, 2.24) is 15.6 Å². The molecule has 1 aliphatic rings. The molecule has 1 fully saturated rings. The molecule has 1 amide bonds. The van der Waals surface area contributed by atoms with Gasteiger partial charge in [-0.1, -0.05) is 6.92 Å². The largest absolute Gasteiger partial charge is 0.355 e. The number of nitrogens with zero attached hydrogens (tertiary/aromatic N) is 1. The van der Waals surface area contributed by atoms with Gasteiger partial charge in [0, 0.05) is 24.0 Å². The number of thiazole rings is 1. The van der Waals surface area contributed by atoms with Crippen LogP contribution in [0.5, 0.6) is 0 Å². The molecule has 1 saturated carbocycles. The van der Waals surface area contributed by atoms with Crippen molar-refractivity contribution < 1.29 is 4.79 Å². The molecule has 4 nitrogen and oxygen atoms in total. The van der Waals surface area contributed by atoms with Crippen LogP contribution < -0.4 is 10.6 Å². The number of hydrogen-bond acceptors (Lipinski definition) is 4. The van der Waals surface area contributed by atoms with Crippen molar-refractivity contribution in [3.63, 3.8) is 0 Å². The lowest BCUT2D eigenvalue weighted by Gasteiger charge is -2.05. The fraction of sp³-hybridized carbons (Fsp3) is 0.692. The van der Waals surface area contributed by atoms with Gasteiger partial charge in [0.1, 0.15) is 0 Å². The number of aryl methyl sites for hydroxylation is 1. The van der Waals surface area contributed by atoms with Crippen LogP contribution in [0.2, 0.25) is 0 Å². The summed E-state index contributed by atoms with van der Waals surface area (Å²) < 4.78 is 0. The van der Waals surface area contributed by atoms with E-state index in [4.69, 9.17) is 0 Å². The first-order chi connectivity index (χ1) is 8.78. The van der Waals surface area contributed by atoms with Gasteiger partial charge in [-0.3, -0.25) is 4.79 Å². The first-order valence-corrected chi connectivity index (χ1v) is 7.50. The van der Waals surface area contributed by atoms with Crippen molar-refractivity contribution in [3.8, 4) is 0 Å². The second-order valence-electron chi connectivity index (χ2n) is 4.75. The van der Waals surface area contributed by atoms with Gasteiger partial charge in [-0.25, -0.2) is 4.98 Å². The summed E-state index contributed by atoms with van der Waals surface area (Å²) in [6.45, 7) is 4.24. The molecule has 0 radical (unpaired) electrons. The average molecular weight is 340 g/mol. The third-order valence-corrected chi connectivity index (χ3v) is 4.23. The normalized spacial score (nSPS) is 13.2. The molecule has 0 saturated heterocycles. The summed E-state index contributed by atoms with van der Waals surface area (Å²) in [6, 6.07) is 0. The standard InChI is InChI=1S/C13H21N3OS.2ClH/c1-2-11-8-16-13(18-11)5-6-15-12(17)9-14-7-10-3-4-10;;/h8,10,14H,2-7,9H2,1H3,(H,15,17);2*1H. The van der Waals surface area contributed by atoms with Crippen LogP contribution in [0.1, 0.15) is 29.7 Å². The Morgan fingerprint density at radius 1 is 1.45 bits per heavy atom. The number of rotatable bonds is 8. The number of carbonyl (C=O) groups excluding carboxylic acids is 1. The molecule has 1 heterocycles. The second-order valence-corrected chi connectivity index (χ2v) is 5.95. The maximum Gasteiger partial charge on any atom is 0.233 e. The maximum atomic E-state index is 11.5. The van der Waals surface area contributed by atoms with Gasteiger partial charge in [-0.15, -0.1) is 36.2 Å². The summed E-state index contributed by atoms with van der Waals surface area (Å²) in [6.07, 6.45) is 6.43. The Morgan fingerprint density at radius 2 is 2.20 bits per heavy atom. The average Bonchev–Trinajstić information content (AvgIpc) is 3.07. The first kappa shape index (κ1) is 19.6. The number of carbonyl (C=O) groups is 1. The Kier molecular flexibility index (Phi) is 10.2. The van der Waals surface area contributed by atoms with Crippen LogP contribution >= 0.6 is 36.2 Å². The highest BCUT2D eigenvalue weighted by atomic mass is 35.5. The lowest BCUT2D eigenvalue weighted by molar-refractivity contribution is -0.120. The van der Waals surface area contributed by atoms with Crippen molar-refractivity contribution in [3.05, 3.63) is 16.1 Å². The van der Waals surface area contributed by atoms with Crippen LogP contribution in [0.15, 0.2) is 6.20 Å². The van der Waals surface area contributed by atoms with Gasteiger partial charge in [0.05, 0.1) is 11.6 Å². The van der Waals surface area contributed by atoms with E-state index in [0.717, 1.165) is 30.3 Å².